The first kappa shape index (κ1) is 21.2. The second-order valence-electron chi connectivity index (χ2n) is 9.66. The number of halogens is 1. The molecule has 2 aliphatic carbocycles. The Bertz CT molecular complexity index is 1010. The number of anilines is 2. The molecule has 172 valence electrons. The van der Waals surface area contributed by atoms with Crippen LogP contribution in [0.1, 0.15) is 54.9 Å². The number of methoxy groups -OCH3 is 1. The van der Waals surface area contributed by atoms with Crippen LogP contribution in [0.2, 0.25) is 0 Å². The molecular formula is C24H30FN3O4. The van der Waals surface area contributed by atoms with E-state index in [1.165, 1.54) is 12.5 Å². The van der Waals surface area contributed by atoms with Crippen molar-refractivity contribution in [3.05, 3.63) is 35.0 Å². The summed E-state index contributed by atoms with van der Waals surface area (Å²) in [6, 6.07) is 3.45. The number of ether oxygens (including phenoxy) is 2. The second kappa shape index (κ2) is 7.76. The maximum atomic E-state index is 14.8. The number of nitrogens with zero attached hydrogens (tertiary/aromatic N) is 2. The topological polar surface area (TPSA) is 76.8 Å². The molecule has 7 nitrogen and oxygen atoms in total. The van der Waals surface area contributed by atoms with Gasteiger partial charge in [-0.3, -0.25) is 4.79 Å². The molecule has 2 heterocycles. The molecule has 5 rings (SSSR count). The van der Waals surface area contributed by atoms with Crippen molar-refractivity contribution >= 4 is 17.6 Å². The number of benzene rings is 1. The summed E-state index contributed by atoms with van der Waals surface area (Å²) in [4.78, 5) is 19.3. The van der Waals surface area contributed by atoms with Crippen molar-refractivity contribution in [2.45, 2.75) is 58.2 Å². The number of amides is 1. The molecule has 1 aromatic carbocycles. The zero-order valence-corrected chi connectivity index (χ0v) is 19.0. The first-order chi connectivity index (χ1) is 15.3. The number of aryl methyl sites for hydroxylation is 2. The fraction of sp³-hybridized carbons (Fsp3) is 0.583. The first-order valence-electron chi connectivity index (χ1n) is 11.4. The van der Waals surface area contributed by atoms with Crippen molar-refractivity contribution in [2.75, 3.05) is 30.4 Å². The van der Waals surface area contributed by atoms with Crippen molar-refractivity contribution in [3.63, 3.8) is 0 Å². The molecule has 1 saturated heterocycles. The third-order valence-corrected chi connectivity index (χ3v) is 7.01. The number of rotatable bonds is 7. The largest absolute Gasteiger partial charge is 0.487 e. The van der Waals surface area contributed by atoms with Gasteiger partial charge < -0.3 is 24.1 Å². The molecule has 0 spiro atoms. The quantitative estimate of drug-likeness (QED) is 0.686. The minimum absolute atomic E-state index is 0.0922. The lowest BCUT2D eigenvalue weighted by Gasteiger charge is -2.45. The lowest BCUT2D eigenvalue weighted by atomic mass is 9.97. The van der Waals surface area contributed by atoms with Crippen LogP contribution in [0.3, 0.4) is 0 Å². The van der Waals surface area contributed by atoms with Crippen LogP contribution in [-0.4, -0.2) is 42.8 Å². The van der Waals surface area contributed by atoms with Gasteiger partial charge >= 0.3 is 0 Å². The highest BCUT2D eigenvalue weighted by Gasteiger charge is 2.47. The predicted molar refractivity (Wildman–Crippen MR) is 118 cm³/mol. The van der Waals surface area contributed by atoms with Crippen LogP contribution in [0, 0.1) is 24.6 Å². The highest BCUT2D eigenvalue weighted by Crippen LogP contribution is 2.52. The summed E-state index contributed by atoms with van der Waals surface area (Å²) in [6.07, 6.45) is 3.93. The summed E-state index contributed by atoms with van der Waals surface area (Å²) in [6.45, 7) is 7.00. The van der Waals surface area contributed by atoms with Crippen molar-refractivity contribution in [1.29, 1.82) is 0 Å². The van der Waals surface area contributed by atoms with E-state index in [9.17, 15) is 9.18 Å². The summed E-state index contributed by atoms with van der Waals surface area (Å²) >= 11 is 0. The van der Waals surface area contributed by atoms with Gasteiger partial charge in [0.05, 0.1) is 19.2 Å². The first-order valence-corrected chi connectivity index (χ1v) is 11.4. The summed E-state index contributed by atoms with van der Waals surface area (Å²) in [5.41, 5.74) is 1.02. The number of nitrogens with one attached hydrogen (secondary N) is 1. The monoisotopic (exact) mass is 443 g/mol. The maximum absolute atomic E-state index is 14.8. The molecule has 0 bridgehead atoms. The van der Waals surface area contributed by atoms with E-state index in [1.807, 2.05) is 18.7 Å². The van der Waals surface area contributed by atoms with E-state index in [4.69, 9.17) is 13.9 Å². The van der Waals surface area contributed by atoms with Crippen LogP contribution in [0.15, 0.2) is 16.5 Å². The van der Waals surface area contributed by atoms with Crippen molar-refractivity contribution < 1.29 is 23.1 Å². The van der Waals surface area contributed by atoms with Gasteiger partial charge in [-0.15, -0.1) is 0 Å². The predicted octanol–water partition coefficient (Wildman–Crippen LogP) is 4.34. The molecule has 2 unspecified atom stereocenters. The number of fused-ring (bicyclic) bond motifs is 1. The summed E-state index contributed by atoms with van der Waals surface area (Å²) < 4.78 is 32.1. The fourth-order valence-corrected chi connectivity index (χ4v) is 4.98. The minimum Gasteiger partial charge on any atom is -0.487 e. The molecule has 3 atom stereocenters. The molecule has 2 aromatic rings. The molecule has 8 heteroatoms. The van der Waals surface area contributed by atoms with Gasteiger partial charge in [0, 0.05) is 25.3 Å². The van der Waals surface area contributed by atoms with Gasteiger partial charge in [0.1, 0.15) is 11.4 Å². The van der Waals surface area contributed by atoms with Crippen LogP contribution in [0.25, 0.3) is 0 Å². The Morgan fingerprint density at radius 2 is 2.03 bits per heavy atom. The standard InChI is InChI=1S/C24H30FN3O4/c1-5-19-20(27-23(32-19)28-11-24(3,12-28)30-4)22(29)26-16-6-13(2)21(18(25)10-16)31-17-8-14-7-15(14)9-17/h6,10,14-15,17H,5,7-9,11-12H2,1-4H3,(H,26,29)/t14-,15?,17?/m0/s1. The van der Waals surface area contributed by atoms with Gasteiger partial charge in [0.2, 0.25) is 0 Å². The van der Waals surface area contributed by atoms with Crippen molar-refractivity contribution in [2.24, 2.45) is 11.8 Å². The van der Waals surface area contributed by atoms with Crippen LogP contribution >= 0.6 is 0 Å². The lowest BCUT2D eigenvalue weighted by Crippen LogP contribution is -2.61. The van der Waals surface area contributed by atoms with E-state index in [0.717, 1.165) is 24.7 Å². The number of oxazole rings is 1. The molecule has 2 saturated carbocycles. The normalized spacial score (nSPS) is 25.3. The molecule has 1 N–H and O–H groups in total. The Hall–Kier alpha value is -2.61. The Balaban J connectivity index is 1.28. The summed E-state index contributed by atoms with van der Waals surface area (Å²) in [5, 5.41) is 2.77. The molecule has 1 amide bonds. The van der Waals surface area contributed by atoms with E-state index in [0.29, 0.717) is 42.5 Å². The van der Waals surface area contributed by atoms with Crippen LogP contribution in [0.5, 0.6) is 5.75 Å². The number of hydrogen-bond acceptors (Lipinski definition) is 6. The fourth-order valence-electron chi connectivity index (χ4n) is 4.98. The maximum Gasteiger partial charge on any atom is 0.298 e. The van der Waals surface area contributed by atoms with E-state index in [1.54, 1.807) is 20.1 Å². The SMILES string of the molecule is CCc1oc(N2CC(C)(OC)C2)nc1C(=O)Nc1cc(C)c(OC2CC3C[C@H]3C2)c(F)c1. The van der Waals surface area contributed by atoms with Gasteiger partial charge in [-0.2, -0.15) is 4.98 Å². The Kier molecular flexibility index (Phi) is 5.15. The third kappa shape index (κ3) is 3.85. The van der Waals surface area contributed by atoms with Crippen LogP contribution < -0.4 is 15.0 Å². The van der Waals surface area contributed by atoms with E-state index >= 15 is 0 Å². The average molecular weight is 444 g/mol. The molecular weight excluding hydrogens is 413 g/mol. The van der Waals surface area contributed by atoms with Gasteiger partial charge in [-0.05, 0) is 56.6 Å². The number of carbonyl (C=O) groups excluding carboxylic acids is 1. The average Bonchev–Trinajstić information content (AvgIpc) is 3.15. The number of hydrogen-bond donors (Lipinski definition) is 1. The molecule has 1 aliphatic heterocycles. The van der Waals surface area contributed by atoms with Gasteiger partial charge in [-0.1, -0.05) is 6.92 Å². The summed E-state index contributed by atoms with van der Waals surface area (Å²) in [5.74, 6) is 1.43. The zero-order valence-electron chi connectivity index (χ0n) is 19.0. The van der Waals surface area contributed by atoms with E-state index in [2.05, 4.69) is 10.3 Å². The molecule has 0 radical (unpaired) electrons. The highest BCUT2D eigenvalue weighted by atomic mass is 19.1. The van der Waals surface area contributed by atoms with E-state index < -0.39 is 11.7 Å². The van der Waals surface area contributed by atoms with Gasteiger partial charge in [0.15, 0.2) is 17.3 Å². The molecule has 3 fully saturated rings. The van der Waals surface area contributed by atoms with Crippen molar-refractivity contribution in [3.8, 4) is 5.75 Å². The second-order valence-corrected chi connectivity index (χ2v) is 9.66. The molecule has 3 aliphatic rings. The highest BCUT2D eigenvalue weighted by molar-refractivity contribution is 6.03. The Morgan fingerprint density at radius 3 is 2.66 bits per heavy atom. The van der Waals surface area contributed by atoms with Gasteiger partial charge in [-0.25, -0.2) is 4.39 Å². The third-order valence-electron chi connectivity index (χ3n) is 7.01. The summed E-state index contributed by atoms with van der Waals surface area (Å²) in [7, 11) is 1.68. The van der Waals surface area contributed by atoms with E-state index in [-0.39, 0.29) is 23.1 Å². The lowest BCUT2D eigenvalue weighted by molar-refractivity contribution is -0.0191. The van der Waals surface area contributed by atoms with Crippen LogP contribution in [-0.2, 0) is 11.2 Å². The Labute approximate surface area is 187 Å². The zero-order chi connectivity index (χ0) is 22.6. The van der Waals surface area contributed by atoms with Crippen molar-refractivity contribution in [1.82, 2.24) is 4.98 Å². The number of aromatic nitrogens is 1. The van der Waals surface area contributed by atoms with Gasteiger partial charge in [0.25, 0.3) is 11.9 Å². The molecule has 1 aromatic heterocycles. The molecule has 32 heavy (non-hydrogen) atoms. The number of carbonyl (C=O) groups is 1. The minimum atomic E-state index is -0.461. The van der Waals surface area contributed by atoms with Crippen LogP contribution in [0.4, 0.5) is 16.1 Å². The Morgan fingerprint density at radius 1 is 1.31 bits per heavy atom. The smallest absolute Gasteiger partial charge is 0.298 e.